The number of nitrogens with one attached hydrogen (secondary N) is 1. The lowest BCUT2D eigenvalue weighted by atomic mass is 9.91. The van der Waals surface area contributed by atoms with Gasteiger partial charge in [0.2, 0.25) is 5.91 Å². The zero-order valence-electron chi connectivity index (χ0n) is 17.8. The number of likely N-dealkylation sites (tertiary alicyclic amines) is 1. The highest BCUT2D eigenvalue weighted by atomic mass is 35.5. The fraction of sp³-hybridized carbons (Fsp3) is 0.684. The molecule has 0 spiro atoms. The quantitative estimate of drug-likeness (QED) is 0.500. The number of halogens is 1. The van der Waals surface area contributed by atoms with Crippen LogP contribution in [0.25, 0.3) is 11.2 Å². The van der Waals surface area contributed by atoms with E-state index >= 15 is 0 Å². The van der Waals surface area contributed by atoms with Crippen molar-refractivity contribution in [3.05, 3.63) is 27.2 Å². The first-order valence-corrected chi connectivity index (χ1v) is 10.2. The molecule has 0 aromatic carbocycles. The second kappa shape index (κ2) is 8.38. The zero-order chi connectivity index (χ0) is 21.8. The molecule has 0 aliphatic carbocycles. The summed E-state index contributed by atoms with van der Waals surface area (Å²) >= 11 is 0. The van der Waals surface area contributed by atoms with E-state index in [1.165, 1.54) is 29.6 Å². The van der Waals surface area contributed by atoms with Gasteiger partial charge in [-0.3, -0.25) is 18.7 Å². The second-order valence-electron chi connectivity index (χ2n) is 8.65. The van der Waals surface area contributed by atoms with Crippen molar-refractivity contribution >= 4 is 29.5 Å². The molecule has 3 N–H and O–H groups in total. The van der Waals surface area contributed by atoms with E-state index < -0.39 is 29.0 Å². The van der Waals surface area contributed by atoms with Gasteiger partial charge in [-0.2, -0.15) is 0 Å². The third kappa shape index (κ3) is 3.91. The van der Waals surface area contributed by atoms with Gasteiger partial charge in [0.15, 0.2) is 11.2 Å². The Kier molecular flexibility index (Phi) is 6.34. The molecule has 4 rings (SSSR count). The van der Waals surface area contributed by atoms with Crippen molar-refractivity contribution in [3.63, 3.8) is 0 Å². The maximum Gasteiger partial charge on any atom is 0.332 e. The third-order valence-electron chi connectivity index (χ3n) is 6.37. The van der Waals surface area contributed by atoms with Gasteiger partial charge in [0.25, 0.3) is 5.56 Å². The molecule has 2 saturated heterocycles. The van der Waals surface area contributed by atoms with Gasteiger partial charge in [0.05, 0.1) is 30.1 Å². The Bertz CT molecular complexity index is 1100. The van der Waals surface area contributed by atoms with Crippen molar-refractivity contribution in [1.82, 2.24) is 28.9 Å². The van der Waals surface area contributed by atoms with Crippen LogP contribution < -0.4 is 16.6 Å². The molecule has 1 amide bonds. The minimum Gasteiger partial charge on any atom is -0.391 e. The number of hydrogen-bond acceptors (Lipinski definition) is 7. The van der Waals surface area contributed by atoms with Gasteiger partial charge in [-0.1, -0.05) is 0 Å². The van der Waals surface area contributed by atoms with Crippen molar-refractivity contribution in [3.8, 4) is 0 Å². The normalized spacial score (nSPS) is 29.1. The highest BCUT2D eigenvalue weighted by Gasteiger charge is 2.43. The highest BCUT2D eigenvalue weighted by Crippen LogP contribution is 2.33. The molecule has 31 heavy (non-hydrogen) atoms. The lowest BCUT2D eigenvalue weighted by molar-refractivity contribution is -0.134. The van der Waals surface area contributed by atoms with Crippen LogP contribution >= 0.6 is 12.4 Å². The van der Waals surface area contributed by atoms with E-state index in [1.807, 2.05) is 0 Å². The SMILES string of the molecule is Cl.Cn1c(=O)c2c(ncn2[C@H]2CN(C(=O)[C@@H]3CCCN3)C[C@H](O)C[C@]2(C)O)n(C)c1=O. The van der Waals surface area contributed by atoms with Crippen molar-refractivity contribution in [1.29, 1.82) is 0 Å². The van der Waals surface area contributed by atoms with Crippen LogP contribution in [0.15, 0.2) is 15.9 Å². The molecule has 172 valence electrons. The molecular formula is C19H29ClN6O5. The average molecular weight is 457 g/mol. The number of aliphatic hydroxyl groups is 2. The van der Waals surface area contributed by atoms with Gasteiger partial charge < -0.3 is 25.0 Å². The topological polar surface area (TPSA) is 135 Å². The molecule has 2 aromatic rings. The summed E-state index contributed by atoms with van der Waals surface area (Å²) < 4.78 is 3.81. The fourth-order valence-corrected chi connectivity index (χ4v) is 4.70. The lowest BCUT2D eigenvalue weighted by Gasteiger charge is -2.34. The van der Waals surface area contributed by atoms with Crippen molar-refractivity contribution < 1.29 is 15.0 Å². The number of imidazole rings is 1. The molecule has 4 heterocycles. The zero-order valence-corrected chi connectivity index (χ0v) is 18.6. The monoisotopic (exact) mass is 456 g/mol. The minimum absolute atomic E-state index is 0. The molecule has 4 atom stereocenters. The molecule has 2 aliphatic rings. The first-order valence-electron chi connectivity index (χ1n) is 10.2. The summed E-state index contributed by atoms with van der Waals surface area (Å²) in [6.45, 7) is 2.57. The number of hydrogen-bond donors (Lipinski definition) is 3. The molecule has 11 nitrogen and oxygen atoms in total. The number of rotatable bonds is 2. The molecule has 0 bridgehead atoms. The van der Waals surface area contributed by atoms with E-state index in [2.05, 4.69) is 10.3 Å². The molecular weight excluding hydrogens is 428 g/mol. The Morgan fingerprint density at radius 3 is 2.61 bits per heavy atom. The summed E-state index contributed by atoms with van der Waals surface area (Å²) in [6.07, 6.45) is 2.18. The fourth-order valence-electron chi connectivity index (χ4n) is 4.70. The van der Waals surface area contributed by atoms with Crippen molar-refractivity contribution in [2.24, 2.45) is 14.1 Å². The largest absolute Gasteiger partial charge is 0.391 e. The van der Waals surface area contributed by atoms with Crippen LogP contribution in [0.4, 0.5) is 0 Å². The van der Waals surface area contributed by atoms with Crippen LogP contribution in [0.3, 0.4) is 0 Å². The average Bonchev–Trinajstić information content (AvgIpc) is 3.34. The van der Waals surface area contributed by atoms with Crippen molar-refractivity contribution in [2.45, 2.75) is 50.0 Å². The third-order valence-corrected chi connectivity index (χ3v) is 6.37. The maximum atomic E-state index is 13.0. The summed E-state index contributed by atoms with van der Waals surface area (Å²) in [5.74, 6) is -0.126. The number of aromatic nitrogens is 4. The Hall–Kier alpha value is -2.21. The van der Waals surface area contributed by atoms with E-state index in [0.29, 0.717) is 0 Å². The van der Waals surface area contributed by atoms with E-state index in [9.17, 15) is 24.6 Å². The Balaban J connectivity index is 0.00000272. The molecule has 12 heteroatoms. The van der Waals surface area contributed by atoms with E-state index in [1.54, 1.807) is 11.8 Å². The maximum absolute atomic E-state index is 13.0. The van der Waals surface area contributed by atoms with Crippen LogP contribution in [0.5, 0.6) is 0 Å². The van der Waals surface area contributed by atoms with Gasteiger partial charge in [0.1, 0.15) is 0 Å². The second-order valence-corrected chi connectivity index (χ2v) is 8.65. The molecule has 0 saturated carbocycles. The number of amides is 1. The number of nitrogens with zero attached hydrogens (tertiary/aromatic N) is 5. The summed E-state index contributed by atoms with van der Waals surface area (Å²) in [4.78, 5) is 44.0. The lowest BCUT2D eigenvalue weighted by Crippen LogP contribution is -2.48. The van der Waals surface area contributed by atoms with Gasteiger partial charge in [-0.15, -0.1) is 12.4 Å². The predicted octanol–water partition coefficient (Wildman–Crippen LogP) is -1.51. The summed E-state index contributed by atoms with van der Waals surface area (Å²) in [5, 5.41) is 24.9. The Labute approximate surface area is 184 Å². The predicted molar refractivity (Wildman–Crippen MR) is 115 cm³/mol. The summed E-state index contributed by atoms with van der Waals surface area (Å²) in [5.41, 5.74) is -2.05. The smallest absolute Gasteiger partial charge is 0.332 e. The number of aliphatic hydroxyl groups excluding tert-OH is 1. The molecule has 0 unspecified atom stereocenters. The van der Waals surface area contributed by atoms with Gasteiger partial charge >= 0.3 is 5.69 Å². The Morgan fingerprint density at radius 1 is 1.26 bits per heavy atom. The molecule has 2 fully saturated rings. The standard InChI is InChI=1S/C19H28N6O5.ClH/c1-19(30)7-11(26)8-24(16(27)12-5-4-6-20-12)9-13(19)25-10-21-15-14(25)17(28)23(3)18(29)22(15)2;/h10-13,20,26,30H,4-9H2,1-3H3;1H/t11-,12+,13+,19+;/m1./s1. The summed E-state index contributed by atoms with van der Waals surface area (Å²) in [7, 11) is 2.91. The number of carbonyl (C=O) groups is 1. The molecule has 0 radical (unpaired) electrons. The number of fused-ring (bicyclic) bond motifs is 1. The first-order chi connectivity index (χ1) is 14.1. The Morgan fingerprint density at radius 2 is 1.97 bits per heavy atom. The van der Waals surface area contributed by atoms with Gasteiger partial charge in [-0.25, -0.2) is 9.78 Å². The molecule has 2 aliphatic heterocycles. The van der Waals surface area contributed by atoms with Crippen molar-refractivity contribution in [2.75, 3.05) is 19.6 Å². The van der Waals surface area contributed by atoms with Crippen LogP contribution in [-0.2, 0) is 18.9 Å². The molecule has 2 aromatic heterocycles. The van der Waals surface area contributed by atoms with E-state index in [4.69, 9.17) is 0 Å². The van der Waals surface area contributed by atoms with Crippen LogP contribution in [0, 0.1) is 0 Å². The van der Waals surface area contributed by atoms with Crippen LogP contribution in [-0.4, -0.2) is 77.1 Å². The minimum atomic E-state index is -1.41. The van der Waals surface area contributed by atoms with E-state index in [-0.39, 0.29) is 55.0 Å². The van der Waals surface area contributed by atoms with Crippen LogP contribution in [0.2, 0.25) is 0 Å². The van der Waals surface area contributed by atoms with Crippen LogP contribution in [0.1, 0.15) is 32.2 Å². The first kappa shape index (κ1) is 23.5. The van der Waals surface area contributed by atoms with Gasteiger partial charge in [-0.05, 0) is 26.3 Å². The number of carbonyl (C=O) groups excluding carboxylic acids is 1. The van der Waals surface area contributed by atoms with E-state index in [0.717, 1.165) is 24.0 Å². The number of β-amino-alcohol motifs (C(OH)–C–C–N with tert-alkyl or cyclic N) is 1. The highest BCUT2D eigenvalue weighted by molar-refractivity contribution is 5.85. The summed E-state index contributed by atoms with van der Waals surface area (Å²) in [6, 6.07) is -1.04. The van der Waals surface area contributed by atoms with Gasteiger partial charge in [0, 0.05) is 33.6 Å². The number of aryl methyl sites for hydroxylation is 1.